The second-order valence-corrected chi connectivity index (χ2v) is 6.75. The smallest absolute Gasteiger partial charge is 0.254 e. The number of aryl methyl sites for hydroxylation is 1. The molecule has 0 bridgehead atoms. The Morgan fingerprint density at radius 1 is 1.30 bits per heavy atom. The summed E-state index contributed by atoms with van der Waals surface area (Å²) in [6, 6.07) is 4.34. The summed E-state index contributed by atoms with van der Waals surface area (Å²) in [4.78, 5) is 32.3. The Morgan fingerprint density at radius 3 is 2.65 bits per heavy atom. The van der Waals surface area contributed by atoms with Crippen LogP contribution in [0.2, 0.25) is 0 Å². The van der Waals surface area contributed by atoms with E-state index in [-0.39, 0.29) is 17.7 Å². The topological polar surface area (TPSA) is 79.5 Å². The van der Waals surface area contributed by atoms with Gasteiger partial charge in [-0.05, 0) is 38.8 Å². The molecule has 2 heterocycles. The molecule has 23 heavy (non-hydrogen) atoms. The van der Waals surface area contributed by atoms with Crippen LogP contribution in [0.3, 0.4) is 0 Å². The molecular formula is C17H24N4O2. The van der Waals surface area contributed by atoms with E-state index in [0.29, 0.717) is 17.6 Å². The molecule has 2 amide bonds. The first-order valence-corrected chi connectivity index (χ1v) is 8.22. The fraction of sp³-hybridized carbons (Fsp3) is 0.588. The summed E-state index contributed by atoms with van der Waals surface area (Å²) < 4.78 is 0. The quantitative estimate of drug-likeness (QED) is 0.894. The minimum atomic E-state index is -0.184. The SMILES string of the molecule is Cc1cc(C(=O)N2CCN(C3CC(C(N)=O)C3)[C@@H](C)C2)ccn1. The molecule has 1 aliphatic carbocycles. The van der Waals surface area contributed by atoms with Crippen molar-refractivity contribution < 1.29 is 9.59 Å². The molecule has 0 radical (unpaired) electrons. The minimum Gasteiger partial charge on any atom is -0.369 e. The molecule has 1 aromatic rings. The average Bonchev–Trinajstić information content (AvgIpc) is 2.46. The summed E-state index contributed by atoms with van der Waals surface area (Å²) in [5, 5.41) is 0. The van der Waals surface area contributed by atoms with E-state index in [0.717, 1.165) is 38.2 Å². The summed E-state index contributed by atoms with van der Waals surface area (Å²) in [5.74, 6) is -0.0759. The summed E-state index contributed by atoms with van der Waals surface area (Å²) in [5.41, 5.74) is 6.91. The molecule has 1 aliphatic heterocycles. The monoisotopic (exact) mass is 316 g/mol. The Morgan fingerprint density at radius 2 is 2.04 bits per heavy atom. The molecule has 1 atom stereocenters. The Kier molecular flexibility index (Phi) is 4.35. The third-order valence-electron chi connectivity index (χ3n) is 5.09. The Balaban J connectivity index is 1.58. The number of carbonyl (C=O) groups excluding carboxylic acids is 2. The van der Waals surface area contributed by atoms with Crippen molar-refractivity contribution in [1.29, 1.82) is 0 Å². The highest BCUT2D eigenvalue weighted by Gasteiger charge is 2.40. The van der Waals surface area contributed by atoms with Gasteiger partial charge in [0.2, 0.25) is 5.91 Å². The van der Waals surface area contributed by atoms with Crippen molar-refractivity contribution in [2.24, 2.45) is 11.7 Å². The zero-order valence-corrected chi connectivity index (χ0v) is 13.7. The number of aromatic nitrogens is 1. The van der Waals surface area contributed by atoms with Crippen molar-refractivity contribution in [3.63, 3.8) is 0 Å². The molecule has 1 aromatic heterocycles. The van der Waals surface area contributed by atoms with Crippen molar-refractivity contribution in [3.05, 3.63) is 29.6 Å². The molecule has 6 heteroatoms. The van der Waals surface area contributed by atoms with E-state index in [2.05, 4.69) is 16.8 Å². The number of piperazine rings is 1. The van der Waals surface area contributed by atoms with Gasteiger partial charge in [-0.1, -0.05) is 0 Å². The first-order valence-electron chi connectivity index (χ1n) is 8.22. The van der Waals surface area contributed by atoms with Crippen LogP contribution in [0.1, 0.15) is 35.8 Å². The molecule has 1 saturated heterocycles. The van der Waals surface area contributed by atoms with E-state index in [1.165, 1.54) is 0 Å². The van der Waals surface area contributed by atoms with Gasteiger partial charge in [0.1, 0.15) is 0 Å². The summed E-state index contributed by atoms with van der Waals surface area (Å²) in [6.07, 6.45) is 3.40. The maximum absolute atomic E-state index is 12.6. The first kappa shape index (κ1) is 15.9. The highest BCUT2D eigenvalue weighted by Crippen LogP contribution is 2.33. The predicted octanol–water partition coefficient (Wildman–Crippen LogP) is 0.800. The van der Waals surface area contributed by atoms with E-state index in [1.54, 1.807) is 12.3 Å². The third kappa shape index (κ3) is 3.22. The number of amides is 2. The lowest BCUT2D eigenvalue weighted by molar-refractivity contribution is -0.127. The zero-order chi connectivity index (χ0) is 16.6. The number of rotatable bonds is 3. The molecule has 0 unspecified atom stereocenters. The number of nitrogens with zero attached hydrogens (tertiary/aromatic N) is 3. The highest BCUT2D eigenvalue weighted by atomic mass is 16.2. The van der Waals surface area contributed by atoms with Crippen LogP contribution in [0.4, 0.5) is 0 Å². The lowest BCUT2D eigenvalue weighted by Crippen LogP contribution is -2.60. The van der Waals surface area contributed by atoms with Crippen molar-refractivity contribution in [1.82, 2.24) is 14.8 Å². The fourth-order valence-corrected chi connectivity index (χ4v) is 3.65. The number of nitrogens with two attached hydrogens (primary N) is 1. The summed E-state index contributed by atoms with van der Waals surface area (Å²) >= 11 is 0. The van der Waals surface area contributed by atoms with E-state index in [9.17, 15) is 9.59 Å². The minimum absolute atomic E-state index is 0.0339. The maximum atomic E-state index is 12.6. The zero-order valence-electron chi connectivity index (χ0n) is 13.7. The molecule has 1 saturated carbocycles. The van der Waals surface area contributed by atoms with Crippen LogP contribution < -0.4 is 5.73 Å². The molecule has 2 aliphatic rings. The van der Waals surface area contributed by atoms with Gasteiger partial charge in [-0.15, -0.1) is 0 Å². The van der Waals surface area contributed by atoms with Crippen LogP contribution in [0, 0.1) is 12.8 Å². The van der Waals surface area contributed by atoms with Crippen LogP contribution in [-0.2, 0) is 4.79 Å². The lowest BCUT2D eigenvalue weighted by atomic mass is 9.78. The second-order valence-electron chi connectivity index (χ2n) is 6.75. The van der Waals surface area contributed by atoms with Crippen LogP contribution in [0.5, 0.6) is 0 Å². The third-order valence-corrected chi connectivity index (χ3v) is 5.09. The van der Waals surface area contributed by atoms with Gasteiger partial charge in [0.25, 0.3) is 5.91 Å². The van der Waals surface area contributed by atoms with Gasteiger partial charge in [0.05, 0.1) is 0 Å². The number of hydrogen-bond acceptors (Lipinski definition) is 4. The average molecular weight is 316 g/mol. The van der Waals surface area contributed by atoms with Gasteiger partial charge in [0.15, 0.2) is 0 Å². The van der Waals surface area contributed by atoms with E-state index in [4.69, 9.17) is 5.73 Å². The predicted molar refractivity (Wildman–Crippen MR) is 86.8 cm³/mol. The summed E-state index contributed by atoms with van der Waals surface area (Å²) in [6.45, 7) is 6.34. The Bertz CT molecular complexity index is 612. The van der Waals surface area contributed by atoms with Gasteiger partial charge >= 0.3 is 0 Å². The summed E-state index contributed by atoms with van der Waals surface area (Å²) in [7, 11) is 0. The standard InChI is InChI=1S/C17H24N4O2/c1-11-7-13(3-4-19-11)17(23)20-5-6-21(12(2)10-20)15-8-14(9-15)16(18)22/h3-4,7,12,14-15H,5-6,8-10H2,1-2H3,(H2,18,22)/t12-,14?,15?/m0/s1. The lowest BCUT2D eigenvalue weighted by Gasteiger charge is -2.49. The highest BCUT2D eigenvalue weighted by molar-refractivity contribution is 5.94. The van der Waals surface area contributed by atoms with Gasteiger partial charge in [-0.3, -0.25) is 19.5 Å². The number of primary amides is 1. The van der Waals surface area contributed by atoms with Gasteiger partial charge in [-0.25, -0.2) is 0 Å². The molecule has 6 nitrogen and oxygen atoms in total. The van der Waals surface area contributed by atoms with E-state index >= 15 is 0 Å². The Hall–Kier alpha value is -1.95. The van der Waals surface area contributed by atoms with Crippen LogP contribution in [-0.4, -0.2) is 58.3 Å². The molecular weight excluding hydrogens is 292 g/mol. The van der Waals surface area contributed by atoms with Crippen LogP contribution in [0.25, 0.3) is 0 Å². The molecule has 0 aromatic carbocycles. The molecule has 124 valence electrons. The largest absolute Gasteiger partial charge is 0.369 e. The van der Waals surface area contributed by atoms with Gasteiger partial charge < -0.3 is 10.6 Å². The van der Waals surface area contributed by atoms with E-state index < -0.39 is 0 Å². The molecule has 3 rings (SSSR count). The molecule has 2 fully saturated rings. The van der Waals surface area contributed by atoms with Gasteiger partial charge in [0, 0.05) is 55.1 Å². The van der Waals surface area contributed by atoms with E-state index in [1.807, 2.05) is 17.9 Å². The normalized spacial score (nSPS) is 28.3. The number of carbonyl (C=O) groups is 2. The van der Waals surface area contributed by atoms with Crippen LogP contribution in [0.15, 0.2) is 18.3 Å². The Labute approximate surface area is 136 Å². The van der Waals surface area contributed by atoms with Crippen molar-refractivity contribution in [3.8, 4) is 0 Å². The fourth-order valence-electron chi connectivity index (χ4n) is 3.65. The molecule has 2 N–H and O–H groups in total. The van der Waals surface area contributed by atoms with Gasteiger partial charge in [-0.2, -0.15) is 0 Å². The first-order chi connectivity index (χ1) is 11.0. The number of hydrogen-bond donors (Lipinski definition) is 1. The second kappa shape index (κ2) is 6.28. The van der Waals surface area contributed by atoms with Crippen LogP contribution >= 0.6 is 0 Å². The van der Waals surface area contributed by atoms with Crippen molar-refractivity contribution in [2.75, 3.05) is 19.6 Å². The maximum Gasteiger partial charge on any atom is 0.254 e. The number of pyridine rings is 1. The van der Waals surface area contributed by atoms with Crippen molar-refractivity contribution >= 4 is 11.8 Å². The van der Waals surface area contributed by atoms with Crippen molar-refractivity contribution in [2.45, 2.75) is 38.8 Å². The molecule has 0 spiro atoms.